The number of nitrogens with one attached hydrogen (secondary N) is 2. The van der Waals surface area contributed by atoms with Crippen LogP contribution in [0.4, 0.5) is 0 Å². The minimum Gasteiger partial charge on any atom is -0.496 e. The van der Waals surface area contributed by atoms with E-state index in [1.165, 1.54) is 17.0 Å². The Bertz CT molecular complexity index is 1120. The van der Waals surface area contributed by atoms with Crippen LogP contribution in [-0.2, 0) is 10.2 Å². The van der Waals surface area contributed by atoms with Gasteiger partial charge in [0.05, 0.1) is 25.9 Å². The molecule has 0 spiro atoms. The molecule has 2 N–H and O–H groups in total. The van der Waals surface area contributed by atoms with Gasteiger partial charge in [0.25, 0.3) is 5.91 Å². The lowest BCUT2D eigenvalue weighted by molar-refractivity contribution is -0.852. The van der Waals surface area contributed by atoms with Crippen LogP contribution in [0.2, 0.25) is 0 Å². The van der Waals surface area contributed by atoms with Gasteiger partial charge in [-0.2, -0.15) is 12.7 Å². The second kappa shape index (κ2) is 15.5. The van der Waals surface area contributed by atoms with Crippen molar-refractivity contribution in [1.29, 1.82) is 0 Å². The Morgan fingerprint density at radius 1 is 1.08 bits per heavy atom. The molecule has 1 heterocycles. The molecule has 3 unspecified atom stereocenters. The van der Waals surface area contributed by atoms with Crippen molar-refractivity contribution < 1.29 is 22.8 Å². The van der Waals surface area contributed by atoms with Crippen molar-refractivity contribution >= 4 is 16.1 Å². The summed E-state index contributed by atoms with van der Waals surface area (Å²) >= 11 is 0. The van der Waals surface area contributed by atoms with Gasteiger partial charge in [-0.15, -0.1) is 0 Å². The number of rotatable bonds is 13. The number of hydrogen-bond acceptors (Lipinski definition) is 4. The third kappa shape index (κ3) is 8.31. The van der Waals surface area contributed by atoms with E-state index < -0.39 is 10.2 Å². The van der Waals surface area contributed by atoms with Crippen LogP contribution in [0.5, 0.6) is 5.75 Å². The van der Waals surface area contributed by atoms with Gasteiger partial charge in [-0.3, -0.25) is 9.69 Å². The fourth-order valence-electron chi connectivity index (χ4n) is 4.24. The molecule has 0 aromatic heterocycles. The molecule has 8 nitrogen and oxygen atoms in total. The summed E-state index contributed by atoms with van der Waals surface area (Å²) in [5, 5.41) is 2.91. The predicted molar refractivity (Wildman–Crippen MR) is 153 cm³/mol. The third-order valence-electron chi connectivity index (χ3n) is 6.77. The highest BCUT2D eigenvalue weighted by molar-refractivity contribution is 7.86. The van der Waals surface area contributed by atoms with Crippen LogP contribution in [0, 0.1) is 0 Å². The summed E-state index contributed by atoms with van der Waals surface area (Å²) in [5.41, 5.74) is 1.69. The molecular formula is C29H45N4O4S+. The molecular weight excluding hydrogens is 500 g/mol. The Morgan fingerprint density at radius 2 is 1.74 bits per heavy atom. The summed E-state index contributed by atoms with van der Waals surface area (Å²) in [5.74, 6) is 0.569. The normalized spacial score (nSPS) is 17.6. The Morgan fingerprint density at radius 3 is 2.37 bits per heavy atom. The number of methoxy groups -OCH3 is 1. The van der Waals surface area contributed by atoms with Gasteiger partial charge < -0.3 is 10.1 Å². The molecule has 9 heteroatoms. The number of benzene rings is 2. The molecule has 0 bridgehead atoms. The monoisotopic (exact) mass is 545 g/mol. The van der Waals surface area contributed by atoms with E-state index in [0.717, 1.165) is 11.3 Å². The zero-order chi connectivity index (χ0) is 28.1. The molecule has 3 atom stereocenters. The molecule has 0 fully saturated rings. The van der Waals surface area contributed by atoms with E-state index in [2.05, 4.69) is 24.4 Å². The molecule has 0 saturated carbocycles. The molecule has 2 aromatic carbocycles. The van der Waals surface area contributed by atoms with E-state index in [0.29, 0.717) is 43.8 Å². The first-order valence-electron chi connectivity index (χ1n) is 13.5. The molecule has 1 amide bonds. The zero-order valence-corrected chi connectivity index (χ0v) is 24.5. The molecule has 1 aliphatic heterocycles. The molecule has 0 saturated heterocycles. The second-order valence-corrected chi connectivity index (χ2v) is 11.1. The molecule has 38 heavy (non-hydrogen) atoms. The lowest BCUT2D eigenvalue weighted by Gasteiger charge is -2.30. The SMILES string of the molecule is CC.COc1ccccc1C(=O)NCCCCN(CCC(C)c1ccccc1)S(=O)(=O)N1C=C[NH+](C)C1C. The fraction of sp³-hybridized carbons (Fsp3) is 0.483. The number of nitrogens with zero attached hydrogens (tertiary/aromatic N) is 2. The Kier molecular flexibility index (Phi) is 12.8. The van der Waals surface area contributed by atoms with Crippen LogP contribution in [0.3, 0.4) is 0 Å². The third-order valence-corrected chi connectivity index (χ3v) is 8.76. The van der Waals surface area contributed by atoms with E-state index in [-0.39, 0.29) is 18.0 Å². The van der Waals surface area contributed by atoms with E-state index in [1.807, 2.05) is 58.3 Å². The van der Waals surface area contributed by atoms with E-state index in [4.69, 9.17) is 4.74 Å². The molecule has 1 aliphatic rings. The Labute approximate surface area is 229 Å². The molecule has 3 rings (SSSR count). The molecule has 2 aromatic rings. The van der Waals surface area contributed by atoms with Crippen LogP contribution in [0.25, 0.3) is 0 Å². The summed E-state index contributed by atoms with van der Waals surface area (Å²) in [6, 6.07) is 17.3. The number of carbonyl (C=O) groups is 1. The topological polar surface area (TPSA) is 83.4 Å². The zero-order valence-electron chi connectivity index (χ0n) is 23.7. The first kappa shape index (κ1) is 31.3. The number of ether oxygens (including phenoxy) is 1. The van der Waals surface area contributed by atoms with Gasteiger partial charge in [0.2, 0.25) is 0 Å². The van der Waals surface area contributed by atoms with Crippen LogP contribution >= 0.6 is 0 Å². The van der Waals surface area contributed by atoms with Gasteiger partial charge >= 0.3 is 10.2 Å². The maximum Gasteiger partial charge on any atom is 0.308 e. The Hall–Kier alpha value is -2.88. The second-order valence-electron chi connectivity index (χ2n) is 9.24. The van der Waals surface area contributed by atoms with E-state index in [9.17, 15) is 13.2 Å². The average Bonchev–Trinajstić information content (AvgIpc) is 3.29. The summed E-state index contributed by atoms with van der Waals surface area (Å²) in [6.45, 7) is 9.32. The lowest BCUT2D eigenvalue weighted by atomic mass is 9.98. The molecule has 0 aliphatic carbocycles. The van der Waals surface area contributed by atoms with Crippen molar-refractivity contribution in [1.82, 2.24) is 13.9 Å². The summed E-state index contributed by atoms with van der Waals surface area (Å²) in [7, 11) is -0.177. The number of para-hydroxylation sites is 1. The smallest absolute Gasteiger partial charge is 0.308 e. The maximum absolute atomic E-state index is 13.6. The number of carbonyl (C=O) groups excluding carboxylic acids is 1. The first-order chi connectivity index (χ1) is 18.3. The van der Waals surface area contributed by atoms with Gasteiger partial charge in [-0.1, -0.05) is 63.2 Å². The van der Waals surface area contributed by atoms with E-state index >= 15 is 0 Å². The summed E-state index contributed by atoms with van der Waals surface area (Å²) in [4.78, 5) is 13.5. The summed E-state index contributed by atoms with van der Waals surface area (Å²) < 4.78 is 35.4. The Balaban J connectivity index is 0.00000247. The van der Waals surface area contributed by atoms with E-state index in [1.54, 1.807) is 28.7 Å². The van der Waals surface area contributed by atoms with Gasteiger partial charge in [0.1, 0.15) is 11.9 Å². The standard InChI is InChI=1S/C27H38N4O4S.C2H6/c1-22(24-12-6-5-7-13-24)16-19-30(36(33,34)31-21-20-29(3)23(31)2)18-11-10-17-28-27(32)25-14-8-9-15-26(25)35-4;1-2/h5-9,12-15,20-23H,10-11,16-19H2,1-4H3,(H,28,32);1-2H3/p+1. The molecule has 0 radical (unpaired) electrons. The summed E-state index contributed by atoms with van der Waals surface area (Å²) in [6.07, 6.45) is 5.36. The van der Waals surface area contributed by atoms with Crippen LogP contribution in [-0.4, -0.2) is 62.9 Å². The van der Waals surface area contributed by atoms with Gasteiger partial charge in [-0.05, 0) is 42.9 Å². The van der Waals surface area contributed by atoms with Crippen molar-refractivity contribution in [3.05, 3.63) is 78.1 Å². The van der Waals surface area contributed by atoms with Crippen molar-refractivity contribution in [3.63, 3.8) is 0 Å². The highest BCUT2D eigenvalue weighted by Crippen LogP contribution is 2.22. The largest absolute Gasteiger partial charge is 0.496 e. The van der Waals surface area contributed by atoms with Crippen LogP contribution < -0.4 is 15.0 Å². The lowest BCUT2D eigenvalue weighted by Crippen LogP contribution is -3.08. The predicted octanol–water partition coefficient (Wildman–Crippen LogP) is 3.62. The van der Waals surface area contributed by atoms with Crippen molar-refractivity contribution in [2.24, 2.45) is 0 Å². The quantitative estimate of drug-likeness (QED) is 0.377. The number of amides is 1. The highest BCUT2D eigenvalue weighted by atomic mass is 32.2. The van der Waals surface area contributed by atoms with Crippen LogP contribution in [0.1, 0.15) is 68.8 Å². The van der Waals surface area contributed by atoms with Gasteiger partial charge in [-0.25, -0.2) is 4.31 Å². The highest BCUT2D eigenvalue weighted by Gasteiger charge is 2.37. The molecule has 210 valence electrons. The number of quaternary nitrogens is 1. The van der Waals surface area contributed by atoms with Gasteiger partial charge in [0, 0.05) is 26.6 Å². The van der Waals surface area contributed by atoms with Gasteiger partial charge in [0.15, 0.2) is 6.17 Å². The minimum absolute atomic E-state index is 0.191. The van der Waals surface area contributed by atoms with Crippen molar-refractivity contribution in [2.45, 2.75) is 59.0 Å². The minimum atomic E-state index is -3.66. The average molecular weight is 546 g/mol. The van der Waals surface area contributed by atoms with Crippen LogP contribution in [0.15, 0.2) is 67.0 Å². The first-order valence-corrected chi connectivity index (χ1v) is 14.9. The fourth-order valence-corrected chi connectivity index (χ4v) is 5.98. The number of hydrogen-bond donors (Lipinski definition) is 2. The van der Waals surface area contributed by atoms with Crippen molar-refractivity contribution in [2.75, 3.05) is 33.8 Å². The maximum atomic E-state index is 13.6. The number of unbranched alkanes of at least 4 members (excludes halogenated alkanes) is 1. The van der Waals surface area contributed by atoms with Crippen molar-refractivity contribution in [3.8, 4) is 5.75 Å².